The molecule has 0 saturated heterocycles. The molecule has 2 aromatic rings. The normalized spacial score (nSPS) is 12.4. The van der Waals surface area contributed by atoms with E-state index in [9.17, 15) is 5.11 Å². The van der Waals surface area contributed by atoms with Crippen LogP contribution in [0.15, 0.2) is 40.8 Å². The second-order valence-corrected chi connectivity index (χ2v) is 3.66. The molecule has 0 saturated carbocycles. The van der Waals surface area contributed by atoms with Gasteiger partial charge in [-0.1, -0.05) is 18.2 Å². The monoisotopic (exact) mass is 238 g/mol. The van der Waals surface area contributed by atoms with Crippen LogP contribution in [-0.2, 0) is 0 Å². The summed E-state index contributed by atoms with van der Waals surface area (Å²) in [5.41, 5.74) is 0.649. The number of halogens is 1. The first-order chi connectivity index (χ1) is 7.72. The third-order valence-corrected chi connectivity index (χ3v) is 2.50. The molecule has 0 radical (unpaired) electrons. The van der Waals surface area contributed by atoms with Crippen LogP contribution in [0.3, 0.4) is 0 Å². The number of ether oxygens (including phenoxy) is 1. The van der Waals surface area contributed by atoms with Crippen molar-refractivity contribution in [3.8, 4) is 5.75 Å². The summed E-state index contributed by atoms with van der Waals surface area (Å²) in [7, 11) is 1.56. The molecule has 84 valence electrons. The Morgan fingerprint density at radius 2 is 2.00 bits per heavy atom. The van der Waals surface area contributed by atoms with Crippen molar-refractivity contribution >= 4 is 11.6 Å². The zero-order valence-corrected chi connectivity index (χ0v) is 9.44. The van der Waals surface area contributed by atoms with Gasteiger partial charge in [-0.15, -0.1) is 0 Å². The molecule has 0 amide bonds. The molecule has 4 heteroatoms. The summed E-state index contributed by atoms with van der Waals surface area (Å²) in [6.07, 6.45) is -0.872. The lowest BCUT2D eigenvalue weighted by molar-refractivity contribution is 0.185. The molecule has 0 bridgehead atoms. The Labute approximate surface area is 98.2 Å². The van der Waals surface area contributed by atoms with E-state index in [0.29, 0.717) is 17.1 Å². The van der Waals surface area contributed by atoms with Crippen molar-refractivity contribution in [2.75, 3.05) is 7.11 Å². The molecule has 16 heavy (non-hydrogen) atoms. The lowest BCUT2D eigenvalue weighted by Crippen LogP contribution is -2.00. The van der Waals surface area contributed by atoms with Gasteiger partial charge in [0.15, 0.2) is 5.22 Å². The van der Waals surface area contributed by atoms with Gasteiger partial charge in [-0.3, -0.25) is 0 Å². The number of aliphatic hydroxyl groups excluding tert-OH is 1. The molecule has 0 fully saturated rings. The molecular formula is C12H11ClO3. The zero-order chi connectivity index (χ0) is 11.5. The second kappa shape index (κ2) is 4.60. The van der Waals surface area contributed by atoms with Crippen LogP contribution >= 0.6 is 11.6 Å². The first-order valence-corrected chi connectivity index (χ1v) is 5.16. The van der Waals surface area contributed by atoms with Gasteiger partial charge < -0.3 is 14.3 Å². The minimum atomic E-state index is -0.872. The number of benzene rings is 1. The van der Waals surface area contributed by atoms with E-state index in [0.717, 1.165) is 0 Å². The number of rotatable bonds is 3. The topological polar surface area (TPSA) is 42.6 Å². The van der Waals surface area contributed by atoms with Crippen molar-refractivity contribution in [2.24, 2.45) is 0 Å². The third-order valence-electron chi connectivity index (χ3n) is 2.30. The first kappa shape index (κ1) is 11.0. The van der Waals surface area contributed by atoms with Gasteiger partial charge in [0.25, 0.3) is 0 Å². The van der Waals surface area contributed by atoms with Crippen LogP contribution in [0.5, 0.6) is 5.75 Å². The van der Waals surface area contributed by atoms with Crippen LogP contribution in [0.2, 0.25) is 5.22 Å². The summed E-state index contributed by atoms with van der Waals surface area (Å²) in [5.74, 6) is 1.01. The van der Waals surface area contributed by atoms with E-state index in [2.05, 4.69) is 0 Å². The largest absolute Gasteiger partial charge is 0.496 e. The zero-order valence-electron chi connectivity index (χ0n) is 8.68. The number of methoxy groups -OCH3 is 1. The van der Waals surface area contributed by atoms with Crippen LogP contribution in [-0.4, -0.2) is 12.2 Å². The molecule has 0 aliphatic carbocycles. The Morgan fingerprint density at radius 3 is 2.62 bits per heavy atom. The van der Waals surface area contributed by atoms with E-state index in [1.165, 1.54) is 0 Å². The van der Waals surface area contributed by atoms with E-state index in [1.54, 1.807) is 31.4 Å². The molecule has 1 unspecified atom stereocenters. The maximum Gasteiger partial charge on any atom is 0.193 e. The lowest BCUT2D eigenvalue weighted by Gasteiger charge is -2.12. The fraction of sp³-hybridized carbons (Fsp3) is 0.167. The molecule has 3 nitrogen and oxygen atoms in total. The minimum absolute atomic E-state index is 0.254. The van der Waals surface area contributed by atoms with E-state index in [1.807, 2.05) is 12.1 Å². The molecule has 1 aromatic carbocycles. The average molecular weight is 239 g/mol. The number of aliphatic hydroxyl groups is 1. The predicted molar refractivity (Wildman–Crippen MR) is 60.8 cm³/mol. The standard InChI is InChI=1S/C12H11ClO3/c1-15-9-5-3-2-4-8(9)12(14)10-6-7-11(13)16-10/h2-7,12,14H,1H3. The summed E-state index contributed by atoms with van der Waals surface area (Å²) in [4.78, 5) is 0. The highest BCUT2D eigenvalue weighted by atomic mass is 35.5. The van der Waals surface area contributed by atoms with Crippen LogP contribution in [0, 0.1) is 0 Å². The summed E-state index contributed by atoms with van der Waals surface area (Å²) >= 11 is 5.66. The van der Waals surface area contributed by atoms with E-state index < -0.39 is 6.10 Å². The number of para-hydroxylation sites is 1. The van der Waals surface area contributed by atoms with Crippen molar-refractivity contribution in [1.82, 2.24) is 0 Å². The highest BCUT2D eigenvalue weighted by Crippen LogP contribution is 2.31. The van der Waals surface area contributed by atoms with E-state index in [4.69, 9.17) is 20.8 Å². The van der Waals surface area contributed by atoms with Crippen molar-refractivity contribution in [2.45, 2.75) is 6.10 Å². The molecule has 0 aliphatic rings. The summed E-state index contributed by atoms with van der Waals surface area (Å²) in [5, 5.41) is 10.3. The molecule has 1 heterocycles. The molecular weight excluding hydrogens is 228 g/mol. The Hall–Kier alpha value is -1.45. The van der Waals surface area contributed by atoms with Crippen LogP contribution < -0.4 is 4.74 Å². The quantitative estimate of drug-likeness (QED) is 0.894. The Bertz CT molecular complexity index is 479. The predicted octanol–water partition coefficient (Wildman–Crippen LogP) is 3.02. The average Bonchev–Trinajstić information content (AvgIpc) is 2.75. The minimum Gasteiger partial charge on any atom is -0.496 e. The van der Waals surface area contributed by atoms with Crippen molar-refractivity contribution < 1.29 is 14.3 Å². The lowest BCUT2D eigenvalue weighted by atomic mass is 10.1. The van der Waals surface area contributed by atoms with Gasteiger partial charge in [0.2, 0.25) is 0 Å². The van der Waals surface area contributed by atoms with Crippen molar-refractivity contribution in [1.29, 1.82) is 0 Å². The van der Waals surface area contributed by atoms with Gasteiger partial charge in [-0.2, -0.15) is 0 Å². The van der Waals surface area contributed by atoms with Gasteiger partial charge in [0.05, 0.1) is 7.11 Å². The summed E-state index contributed by atoms with van der Waals surface area (Å²) in [6, 6.07) is 10.5. The highest BCUT2D eigenvalue weighted by Gasteiger charge is 2.17. The van der Waals surface area contributed by atoms with Crippen LogP contribution in [0.4, 0.5) is 0 Å². The van der Waals surface area contributed by atoms with Crippen LogP contribution in [0.25, 0.3) is 0 Å². The van der Waals surface area contributed by atoms with E-state index >= 15 is 0 Å². The maximum absolute atomic E-state index is 10.1. The smallest absolute Gasteiger partial charge is 0.193 e. The molecule has 0 spiro atoms. The first-order valence-electron chi connectivity index (χ1n) is 4.78. The molecule has 0 aliphatic heterocycles. The molecule has 2 rings (SSSR count). The SMILES string of the molecule is COc1ccccc1C(O)c1ccc(Cl)o1. The number of hydrogen-bond acceptors (Lipinski definition) is 3. The third kappa shape index (κ3) is 2.05. The molecule has 1 N–H and O–H groups in total. The number of furan rings is 1. The molecule has 1 atom stereocenters. The van der Waals surface area contributed by atoms with Crippen LogP contribution in [0.1, 0.15) is 17.4 Å². The van der Waals surface area contributed by atoms with Gasteiger partial charge in [-0.25, -0.2) is 0 Å². The van der Waals surface area contributed by atoms with Gasteiger partial charge >= 0.3 is 0 Å². The summed E-state index contributed by atoms with van der Waals surface area (Å²) in [6.45, 7) is 0. The van der Waals surface area contributed by atoms with Crippen molar-refractivity contribution in [3.05, 3.63) is 52.9 Å². The maximum atomic E-state index is 10.1. The second-order valence-electron chi connectivity index (χ2n) is 3.29. The molecule has 1 aromatic heterocycles. The van der Waals surface area contributed by atoms with Gasteiger partial charge in [0, 0.05) is 5.56 Å². The highest BCUT2D eigenvalue weighted by molar-refractivity contribution is 6.28. The van der Waals surface area contributed by atoms with E-state index in [-0.39, 0.29) is 5.22 Å². The number of hydrogen-bond donors (Lipinski definition) is 1. The Morgan fingerprint density at radius 1 is 1.25 bits per heavy atom. The Balaban J connectivity index is 2.36. The fourth-order valence-corrected chi connectivity index (χ4v) is 1.67. The van der Waals surface area contributed by atoms with Gasteiger partial charge in [0.1, 0.15) is 17.6 Å². The Kier molecular flexibility index (Phi) is 3.17. The van der Waals surface area contributed by atoms with Gasteiger partial charge in [-0.05, 0) is 29.8 Å². The summed E-state index contributed by atoms with van der Waals surface area (Å²) < 4.78 is 10.3. The fourth-order valence-electron chi connectivity index (χ4n) is 1.52. The van der Waals surface area contributed by atoms with Crippen molar-refractivity contribution in [3.63, 3.8) is 0 Å².